The third kappa shape index (κ3) is 4.72. The van der Waals surface area contributed by atoms with Crippen molar-refractivity contribution in [1.29, 1.82) is 0 Å². The number of rotatable bonds is 7. The molecule has 0 unspecified atom stereocenters. The summed E-state index contributed by atoms with van der Waals surface area (Å²) in [6.45, 7) is 0.350. The smallest absolute Gasteiger partial charge is 0.321 e. The highest BCUT2D eigenvalue weighted by molar-refractivity contribution is 7.14. The average molecular weight is 399 g/mol. The third-order valence-electron chi connectivity index (χ3n) is 4.01. The molecule has 8 heteroatoms. The van der Waals surface area contributed by atoms with E-state index in [0.29, 0.717) is 23.2 Å². The van der Waals surface area contributed by atoms with E-state index in [9.17, 15) is 4.79 Å². The number of benzene rings is 2. The standard InChI is InChI=1S/C20H21N3O4S/c1-25-15-7-5-14(6-8-15)16-12-28-20(22-16)23-19(24)21-11-13-4-9-17(26-2)18(10-13)27-3/h4-10,12H,11H2,1-3H3,(H2,21,22,23,24). The monoisotopic (exact) mass is 399 g/mol. The van der Waals surface area contributed by atoms with E-state index in [1.807, 2.05) is 41.8 Å². The summed E-state index contributed by atoms with van der Waals surface area (Å²) < 4.78 is 15.6. The molecule has 146 valence electrons. The summed E-state index contributed by atoms with van der Waals surface area (Å²) >= 11 is 1.36. The van der Waals surface area contributed by atoms with Crippen LogP contribution in [0.1, 0.15) is 5.56 Å². The molecule has 0 aliphatic heterocycles. The number of methoxy groups -OCH3 is 3. The van der Waals surface area contributed by atoms with Crippen molar-refractivity contribution in [1.82, 2.24) is 10.3 Å². The zero-order valence-electron chi connectivity index (χ0n) is 15.8. The lowest BCUT2D eigenvalue weighted by Gasteiger charge is -2.10. The summed E-state index contributed by atoms with van der Waals surface area (Å²) in [4.78, 5) is 16.6. The van der Waals surface area contributed by atoms with Gasteiger partial charge in [0.1, 0.15) is 5.75 Å². The number of carbonyl (C=O) groups is 1. The van der Waals surface area contributed by atoms with E-state index in [-0.39, 0.29) is 6.03 Å². The number of hydrogen-bond acceptors (Lipinski definition) is 6. The van der Waals surface area contributed by atoms with Crippen LogP contribution in [0.5, 0.6) is 17.2 Å². The van der Waals surface area contributed by atoms with Gasteiger partial charge in [0, 0.05) is 17.5 Å². The van der Waals surface area contributed by atoms with Crippen LogP contribution < -0.4 is 24.8 Å². The summed E-state index contributed by atoms with van der Waals surface area (Å²) in [6, 6.07) is 12.8. The summed E-state index contributed by atoms with van der Waals surface area (Å²) in [6.07, 6.45) is 0. The molecule has 28 heavy (non-hydrogen) atoms. The predicted molar refractivity (Wildman–Crippen MR) is 110 cm³/mol. The summed E-state index contributed by atoms with van der Waals surface area (Å²) in [5.41, 5.74) is 2.64. The van der Waals surface area contributed by atoms with Gasteiger partial charge in [0.05, 0.1) is 27.0 Å². The van der Waals surface area contributed by atoms with Gasteiger partial charge in [-0.05, 0) is 42.0 Å². The maximum Gasteiger partial charge on any atom is 0.321 e. The Morgan fingerprint density at radius 3 is 2.43 bits per heavy atom. The topological polar surface area (TPSA) is 81.7 Å². The van der Waals surface area contributed by atoms with Gasteiger partial charge in [-0.15, -0.1) is 11.3 Å². The van der Waals surface area contributed by atoms with Crippen molar-refractivity contribution in [3.05, 3.63) is 53.4 Å². The number of amides is 2. The Balaban J connectivity index is 1.57. The van der Waals surface area contributed by atoms with E-state index in [4.69, 9.17) is 14.2 Å². The lowest BCUT2D eigenvalue weighted by atomic mass is 10.2. The summed E-state index contributed by atoms with van der Waals surface area (Å²) in [5.74, 6) is 2.04. The molecular formula is C20H21N3O4S. The summed E-state index contributed by atoms with van der Waals surface area (Å²) in [7, 11) is 4.78. The van der Waals surface area contributed by atoms with Gasteiger partial charge in [-0.1, -0.05) is 6.07 Å². The van der Waals surface area contributed by atoms with Crippen molar-refractivity contribution in [2.45, 2.75) is 6.54 Å². The van der Waals surface area contributed by atoms with E-state index in [2.05, 4.69) is 15.6 Å². The first-order chi connectivity index (χ1) is 13.6. The molecule has 0 fully saturated rings. The lowest BCUT2D eigenvalue weighted by molar-refractivity contribution is 0.251. The Morgan fingerprint density at radius 1 is 1.00 bits per heavy atom. The van der Waals surface area contributed by atoms with Crippen LogP contribution in [0, 0.1) is 0 Å². The minimum absolute atomic E-state index is 0.328. The Hall–Kier alpha value is -3.26. The number of anilines is 1. The molecule has 0 aliphatic rings. The maximum absolute atomic E-state index is 12.2. The van der Waals surface area contributed by atoms with Gasteiger partial charge >= 0.3 is 6.03 Å². The number of thiazole rings is 1. The van der Waals surface area contributed by atoms with E-state index >= 15 is 0 Å². The predicted octanol–water partition coefficient (Wildman–Crippen LogP) is 4.16. The molecule has 3 rings (SSSR count). The van der Waals surface area contributed by atoms with Crippen molar-refractivity contribution in [2.75, 3.05) is 26.6 Å². The van der Waals surface area contributed by atoms with Crippen molar-refractivity contribution < 1.29 is 19.0 Å². The fourth-order valence-corrected chi connectivity index (χ4v) is 3.25. The molecule has 7 nitrogen and oxygen atoms in total. The van der Waals surface area contributed by atoms with Crippen LogP contribution in [-0.4, -0.2) is 32.3 Å². The second-order valence-electron chi connectivity index (χ2n) is 5.76. The Kier molecular flexibility index (Phi) is 6.33. The van der Waals surface area contributed by atoms with Gasteiger partial charge in [-0.25, -0.2) is 9.78 Å². The molecule has 0 spiro atoms. The molecule has 0 aliphatic carbocycles. The second-order valence-corrected chi connectivity index (χ2v) is 6.62. The quantitative estimate of drug-likeness (QED) is 0.624. The molecule has 0 saturated carbocycles. The first-order valence-corrected chi connectivity index (χ1v) is 9.36. The van der Waals surface area contributed by atoms with E-state index < -0.39 is 0 Å². The fourth-order valence-electron chi connectivity index (χ4n) is 2.54. The molecule has 2 aromatic carbocycles. The normalized spacial score (nSPS) is 10.2. The van der Waals surface area contributed by atoms with Crippen LogP contribution >= 0.6 is 11.3 Å². The van der Waals surface area contributed by atoms with E-state index in [1.54, 1.807) is 27.4 Å². The molecule has 2 amide bonds. The zero-order valence-corrected chi connectivity index (χ0v) is 16.6. The van der Waals surface area contributed by atoms with E-state index in [0.717, 1.165) is 22.6 Å². The van der Waals surface area contributed by atoms with Crippen LogP contribution in [0.25, 0.3) is 11.3 Å². The SMILES string of the molecule is COc1ccc(-c2csc(NC(=O)NCc3ccc(OC)c(OC)c3)n2)cc1. The molecule has 0 atom stereocenters. The second kappa shape index (κ2) is 9.09. The number of aromatic nitrogens is 1. The average Bonchev–Trinajstić information content (AvgIpc) is 3.20. The van der Waals surface area contributed by atoms with Gasteiger partial charge in [-0.2, -0.15) is 0 Å². The van der Waals surface area contributed by atoms with E-state index in [1.165, 1.54) is 11.3 Å². The molecule has 0 saturated heterocycles. The van der Waals surface area contributed by atoms with Crippen LogP contribution in [0.4, 0.5) is 9.93 Å². The van der Waals surface area contributed by atoms with Crippen LogP contribution in [0.3, 0.4) is 0 Å². The van der Waals surface area contributed by atoms with Crippen molar-refractivity contribution in [2.24, 2.45) is 0 Å². The van der Waals surface area contributed by atoms with Crippen LogP contribution in [0.2, 0.25) is 0 Å². The molecule has 0 radical (unpaired) electrons. The molecule has 0 bridgehead atoms. The third-order valence-corrected chi connectivity index (χ3v) is 4.77. The first kappa shape index (κ1) is 19.5. The summed E-state index contributed by atoms with van der Waals surface area (Å²) in [5, 5.41) is 7.98. The van der Waals surface area contributed by atoms with Gasteiger partial charge in [0.2, 0.25) is 0 Å². The van der Waals surface area contributed by atoms with Crippen LogP contribution in [-0.2, 0) is 6.54 Å². The zero-order chi connectivity index (χ0) is 19.9. The minimum Gasteiger partial charge on any atom is -0.497 e. The van der Waals surface area contributed by atoms with Crippen LogP contribution in [0.15, 0.2) is 47.8 Å². The minimum atomic E-state index is -0.328. The number of ether oxygens (including phenoxy) is 3. The van der Waals surface area contributed by atoms with Gasteiger partial charge in [0.15, 0.2) is 16.6 Å². The highest BCUT2D eigenvalue weighted by Crippen LogP contribution is 2.28. The maximum atomic E-state index is 12.2. The van der Waals surface area contributed by atoms with Gasteiger partial charge < -0.3 is 19.5 Å². The first-order valence-electron chi connectivity index (χ1n) is 8.48. The molecule has 3 aromatic rings. The fraction of sp³-hybridized carbons (Fsp3) is 0.200. The molecule has 1 heterocycles. The highest BCUT2D eigenvalue weighted by Gasteiger charge is 2.09. The molecular weight excluding hydrogens is 378 g/mol. The van der Waals surface area contributed by atoms with Crippen molar-refractivity contribution >= 4 is 22.5 Å². The number of carbonyl (C=O) groups excluding carboxylic acids is 1. The molecule has 2 N–H and O–H groups in total. The molecule has 1 aromatic heterocycles. The van der Waals surface area contributed by atoms with Gasteiger partial charge in [-0.3, -0.25) is 5.32 Å². The Bertz CT molecular complexity index is 941. The lowest BCUT2D eigenvalue weighted by Crippen LogP contribution is -2.28. The van der Waals surface area contributed by atoms with Gasteiger partial charge in [0.25, 0.3) is 0 Å². The van der Waals surface area contributed by atoms with Crippen molar-refractivity contribution in [3.63, 3.8) is 0 Å². The highest BCUT2D eigenvalue weighted by atomic mass is 32.1. The van der Waals surface area contributed by atoms with Crippen molar-refractivity contribution in [3.8, 4) is 28.5 Å². The number of urea groups is 1. The number of nitrogens with one attached hydrogen (secondary N) is 2. The Labute approximate surface area is 167 Å². The Morgan fingerprint density at radius 2 is 1.75 bits per heavy atom. The number of hydrogen-bond donors (Lipinski definition) is 2. The number of nitrogens with zero attached hydrogens (tertiary/aromatic N) is 1. The largest absolute Gasteiger partial charge is 0.497 e.